The molecule has 2 aromatic rings. The molecule has 0 radical (unpaired) electrons. The van der Waals surface area contributed by atoms with Crippen molar-refractivity contribution in [2.24, 2.45) is 4.99 Å². The number of fused-ring (bicyclic) bond motifs is 1. The van der Waals surface area contributed by atoms with E-state index in [0.717, 1.165) is 22.2 Å². The lowest BCUT2D eigenvalue weighted by molar-refractivity contribution is 0.315. The van der Waals surface area contributed by atoms with Crippen LogP contribution in [0.25, 0.3) is 6.20 Å². The minimum Gasteiger partial charge on any atom is -0.370 e. The van der Waals surface area contributed by atoms with Crippen LogP contribution in [0.2, 0.25) is 0 Å². The zero-order chi connectivity index (χ0) is 16.7. The third-order valence-corrected chi connectivity index (χ3v) is 6.38. The quantitative estimate of drug-likeness (QED) is 0.784. The standard InChI is InChI=1S/C18H21BrN4S/c1-21(2)15-7-8-22(10-15)13-3-5-14(6-4-13)23-11-17-16(20-12-23)9-18(19)24-17/h3-6,9,11,15H,7-8,10,12H2,1-2H3/t15-/m1/s1. The lowest BCUT2D eigenvalue weighted by Gasteiger charge is -2.23. The summed E-state index contributed by atoms with van der Waals surface area (Å²) in [5.74, 6) is 0. The van der Waals surface area contributed by atoms with Crippen LogP contribution in [0, 0.1) is 0 Å². The molecule has 0 aliphatic carbocycles. The second kappa shape index (κ2) is 6.50. The van der Waals surface area contributed by atoms with E-state index < -0.39 is 0 Å². The Morgan fingerprint density at radius 3 is 2.67 bits per heavy atom. The van der Waals surface area contributed by atoms with Crippen LogP contribution in [-0.2, 0) is 0 Å². The minimum atomic E-state index is 0.662. The fourth-order valence-corrected chi connectivity index (χ4v) is 4.85. The summed E-state index contributed by atoms with van der Waals surface area (Å²) in [5, 5.41) is 1.09. The average molecular weight is 405 g/mol. The molecule has 1 aromatic carbocycles. The number of hydrogen-bond acceptors (Lipinski definition) is 5. The molecular formula is C18H21BrN4S. The third-order valence-electron chi connectivity index (χ3n) is 4.82. The molecule has 2 aliphatic rings. The molecule has 24 heavy (non-hydrogen) atoms. The van der Waals surface area contributed by atoms with Crippen molar-refractivity contribution in [2.45, 2.75) is 12.5 Å². The Hall–Kier alpha value is -1.37. The Bertz CT molecular complexity index is 843. The lowest BCUT2D eigenvalue weighted by atomic mass is 10.2. The van der Waals surface area contributed by atoms with Gasteiger partial charge in [-0.1, -0.05) is 0 Å². The monoisotopic (exact) mass is 404 g/mol. The summed E-state index contributed by atoms with van der Waals surface area (Å²) in [5.41, 5.74) is 2.51. The predicted molar refractivity (Wildman–Crippen MR) is 105 cm³/mol. The smallest absolute Gasteiger partial charge is 0.115 e. The van der Waals surface area contributed by atoms with Gasteiger partial charge in [0.1, 0.15) is 6.67 Å². The highest BCUT2D eigenvalue weighted by Gasteiger charge is 2.24. The first kappa shape index (κ1) is 16.1. The fourth-order valence-electron chi connectivity index (χ4n) is 3.33. The van der Waals surface area contributed by atoms with E-state index in [4.69, 9.17) is 0 Å². The number of hydrogen-bond donors (Lipinski definition) is 0. The van der Waals surface area contributed by atoms with Gasteiger partial charge >= 0.3 is 0 Å². The number of nitrogens with zero attached hydrogens (tertiary/aromatic N) is 4. The molecule has 3 heterocycles. The van der Waals surface area contributed by atoms with E-state index in [1.54, 1.807) is 11.3 Å². The Balaban J connectivity index is 1.52. The Morgan fingerprint density at radius 1 is 1.21 bits per heavy atom. The molecule has 4 rings (SSSR count). The molecule has 0 unspecified atom stereocenters. The van der Waals surface area contributed by atoms with Crippen molar-refractivity contribution in [3.8, 4) is 0 Å². The summed E-state index contributed by atoms with van der Waals surface area (Å²) in [4.78, 5) is 11.7. The van der Waals surface area contributed by atoms with Crippen molar-refractivity contribution in [3.05, 3.63) is 44.0 Å². The molecule has 1 fully saturated rings. The number of anilines is 2. The van der Waals surface area contributed by atoms with E-state index in [9.17, 15) is 0 Å². The second-order valence-corrected chi connectivity index (χ2v) is 9.03. The van der Waals surface area contributed by atoms with Crippen molar-refractivity contribution in [1.29, 1.82) is 0 Å². The van der Waals surface area contributed by atoms with Crippen LogP contribution < -0.4 is 19.7 Å². The molecule has 6 heteroatoms. The zero-order valence-corrected chi connectivity index (χ0v) is 16.3. The van der Waals surface area contributed by atoms with Crippen molar-refractivity contribution < 1.29 is 0 Å². The average Bonchev–Trinajstić information content (AvgIpc) is 3.20. The maximum Gasteiger partial charge on any atom is 0.115 e. The SMILES string of the molecule is CN(C)[C@@H]1CCN(c2ccc(N3C=c4sc(Br)cc4=NC3)cc2)C1. The summed E-state index contributed by atoms with van der Waals surface area (Å²) in [7, 11) is 4.34. The molecule has 0 bridgehead atoms. The Morgan fingerprint density at radius 2 is 1.96 bits per heavy atom. The van der Waals surface area contributed by atoms with E-state index >= 15 is 0 Å². The van der Waals surface area contributed by atoms with Gasteiger partial charge in [0.05, 0.1) is 13.7 Å². The van der Waals surface area contributed by atoms with E-state index in [1.165, 1.54) is 22.3 Å². The van der Waals surface area contributed by atoms with Crippen molar-refractivity contribution in [2.75, 3.05) is 43.7 Å². The summed E-state index contributed by atoms with van der Waals surface area (Å²) in [6.07, 6.45) is 3.44. The molecule has 2 aliphatic heterocycles. The largest absolute Gasteiger partial charge is 0.370 e. The lowest BCUT2D eigenvalue weighted by Crippen LogP contribution is -2.32. The first-order valence-corrected chi connectivity index (χ1v) is 9.81. The normalized spacial score (nSPS) is 20.1. The molecular weight excluding hydrogens is 384 g/mol. The molecule has 0 spiro atoms. The first-order valence-electron chi connectivity index (χ1n) is 8.20. The fraction of sp³-hybridized carbons (Fsp3) is 0.389. The topological polar surface area (TPSA) is 22.1 Å². The molecule has 1 saturated heterocycles. The number of rotatable bonds is 3. The van der Waals surface area contributed by atoms with Crippen molar-refractivity contribution >= 4 is 44.8 Å². The third kappa shape index (κ3) is 3.10. The van der Waals surface area contributed by atoms with Crippen LogP contribution in [0.4, 0.5) is 11.4 Å². The number of thiophene rings is 1. The number of halogens is 1. The highest BCUT2D eigenvalue weighted by atomic mass is 79.9. The van der Waals surface area contributed by atoms with Crippen LogP contribution in [-0.4, -0.2) is 44.8 Å². The number of likely N-dealkylation sites (N-methyl/N-ethyl adjacent to an activating group) is 1. The molecule has 1 atom stereocenters. The Kier molecular flexibility index (Phi) is 4.37. The minimum absolute atomic E-state index is 0.662. The van der Waals surface area contributed by atoms with Crippen LogP contribution in [0.1, 0.15) is 6.42 Å². The maximum absolute atomic E-state index is 4.66. The van der Waals surface area contributed by atoms with Crippen LogP contribution in [0.15, 0.2) is 39.1 Å². The molecule has 0 amide bonds. The van der Waals surface area contributed by atoms with Gasteiger partial charge in [0.15, 0.2) is 0 Å². The molecule has 126 valence electrons. The van der Waals surface area contributed by atoms with Gasteiger partial charge in [0.2, 0.25) is 0 Å². The summed E-state index contributed by atoms with van der Waals surface area (Å²) >= 11 is 5.27. The van der Waals surface area contributed by atoms with Crippen LogP contribution >= 0.6 is 27.3 Å². The van der Waals surface area contributed by atoms with Crippen LogP contribution in [0.5, 0.6) is 0 Å². The zero-order valence-electron chi connectivity index (χ0n) is 13.9. The van der Waals surface area contributed by atoms with Gasteiger partial charge in [-0.3, -0.25) is 4.99 Å². The van der Waals surface area contributed by atoms with Gasteiger partial charge in [-0.05, 0) is 66.8 Å². The summed E-state index contributed by atoms with van der Waals surface area (Å²) in [6, 6.07) is 11.6. The van der Waals surface area contributed by atoms with Gasteiger partial charge in [-0.2, -0.15) is 0 Å². The first-order chi connectivity index (χ1) is 11.6. The summed E-state index contributed by atoms with van der Waals surface area (Å²) < 4.78 is 2.35. The van der Waals surface area contributed by atoms with E-state index in [2.05, 4.69) is 86.2 Å². The van der Waals surface area contributed by atoms with Gasteiger partial charge in [0, 0.05) is 36.7 Å². The van der Waals surface area contributed by atoms with E-state index in [0.29, 0.717) is 12.7 Å². The highest BCUT2D eigenvalue weighted by Crippen LogP contribution is 2.25. The van der Waals surface area contributed by atoms with E-state index in [1.807, 2.05) is 0 Å². The summed E-state index contributed by atoms with van der Waals surface area (Å²) in [6.45, 7) is 2.94. The van der Waals surface area contributed by atoms with Crippen LogP contribution in [0.3, 0.4) is 0 Å². The van der Waals surface area contributed by atoms with Gasteiger partial charge in [0.25, 0.3) is 0 Å². The predicted octanol–water partition coefficient (Wildman–Crippen LogP) is 2.49. The molecule has 0 saturated carbocycles. The highest BCUT2D eigenvalue weighted by molar-refractivity contribution is 9.11. The van der Waals surface area contributed by atoms with Gasteiger partial charge in [-0.25, -0.2) is 0 Å². The Labute approximate surface area is 154 Å². The van der Waals surface area contributed by atoms with E-state index in [-0.39, 0.29) is 0 Å². The molecule has 4 nitrogen and oxygen atoms in total. The maximum atomic E-state index is 4.66. The molecule has 0 N–H and O–H groups in total. The molecule has 1 aromatic heterocycles. The second-order valence-electron chi connectivity index (χ2n) is 6.57. The van der Waals surface area contributed by atoms with Gasteiger partial charge < -0.3 is 14.7 Å². The van der Waals surface area contributed by atoms with Crippen molar-refractivity contribution in [1.82, 2.24) is 4.90 Å². The van der Waals surface area contributed by atoms with Gasteiger partial charge in [-0.15, -0.1) is 11.3 Å². The van der Waals surface area contributed by atoms with Crippen molar-refractivity contribution in [3.63, 3.8) is 0 Å². The number of benzene rings is 1.